The van der Waals surface area contributed by atoms with Crippen LogP contribution < -0.4 is 5.32 Å². The van der Waals surface area contributed by atoms with Crippen LogP contribution in [-0.2, 0) is 17.9 Å². The largest absolute Gasteiger partial charge is 0.480 e. The van der Waals surface area contributed by atoms with Gasteiger partial charge in [-0.05, 0) is 0 Å². The van der Waals surface area contributed by atoms with Gasteiger partial charge in [0.25, 0.3) is 5.91 Å². The first-order valence-electron chi connectivity index (χ1n) is 4.80. The predicted octanol–water partition coefficient (Wildman–Crippen LogP) is -1.32. The number of nitrogens with zero attached hydrogens (tertiary/aromatic N) is 5. The van der Waals surface area contributed by atoms with Crippen LogP contribution in [0.2, 0.25) is 0 Å². The summed E-state index contributed by atoms with van der Waals surface area (Å²) in [4.78, 5) is 25.7. The molecule has 0 aliphatic heterocycles. The molecular formula is C8H8N6O4. The Morgan fingerprint density at radius 2 is 2.33 bits per heavy atom. The first-order chi connectivity index (χ1) is 8.65. The van der Waals surface area contributed by atoms with E-state index in [1.54, 1.807) is 0 Å². The predicted molar refractivity (Wildman–Crippen MR) is 53.1 cm³/mol. The standard InChI is InChI=1S/C8H8N6O4/c15-7(16)3-14-2-5(11-13-14)8(17)9-1-6-10-4-18-12-6/h2,4H,1,3H2,(H,9,17)(H,15,16). The van der Waals surface area contributed by atoms with Crippen LogP contribution in [0, 0.1) is 0 Å². The van der Waals surface area contributed by atoms with Crippen molar-refractivity contribution in [3.8, 4) is 0 Å². The van der Waals surface area contributed by atoms with Crippen LogP contribution in [0.5, 0.6) is 0 Å². The highest BCUT2D eigenvalue weighted by Crippen LogP contribution is 1.95. The van der Waals surface area contributed by atoms with Gasteiger partial charge in [0.15, 0.2) is 11.5 Å². The fourth-order valence-corrected chi connectivity index (χ4v) is 1.14. The van der Waals surface area contributed by atoms with Crippen LogP contribution in [0.4, 0.5) is 0 Å². The molecule has 18 heavy (non-hydrogen) atoms. The minimum Gasteiger partial charge on any atom is -0.480 e. The average Bonchev–Trinajstić information content (AvgIpc) is 2.95. The number of aromatic nitrogens is 5. The van der Waals surface area contributed by atoms with Gasteiger partial charge < -0.3 is 14.9 Å². The van der Waals surface area contributed by atoms with E-state index in [-0.39, 0.29) is 18.8 Å². The molecule has 0 saturated heterocycles. The van der Waals surface area contributed by atoms with E-state index >= 15 is 0 Å². The number of carbonyl (C=O) groups excluding carboxylic acids is 1. The number of aliphatic carboxylic acids is 1. The monoisotopic (exact) mass is 252 g/mol. The molecule has 0 aliphatic rings. The Hall–Kier alpha value is -2.78. The highest BCUT2D eigenvalue weighted by molar-refractivity contribution is 5.91. The van der Waals surface area contributed by atoms with Crippen molar-refractivity contribution in [2.24, 2.45) is 0 Å². The number of nitrogens with one attached hydrogen (secondary N) is 1. The SMILES string of the molecule is O=C(O)Cn1cc(C(=O)NCc2ncon2)nn1. The van der Waals surface area contributed by atoms with Gasteiger partial charge in [0.05, 0.1) is 12.7 Å². The second kappa shape index (κ2) is 5.03. The molecule has 94 valence electrons. The minimum absolute atomic E-state index is 0.0137. The molecule has 0 saturated carbocycles. The van der Waals surface area contributed by atoms with Gasteiger partial charge in [0, 0.05) is 0 Å². The molecule has 2 N–H and O–H groups in total. The molecule has 0 aliphatic carbocycles. The molecule has 0 bridgehead atoms. The number of amides is 1. The fourth-order valence-electron chi connectivity index (χ4n) is 1.14. The summed E-state index contributed by atoms with van der Waals surface area (Å²) >= 11 is 0. The first kappa shape index (κ1) is 11.7. The molecule has 0 atom stereocenters. The van der Waals surface area contributed by atoms with Crippen molar-refractivity contribution in [2.45, 2.75) is 13.1 Å². The van der Waals surface area contributed by atoms with Gasteiger partial charge >= 0.3 is 5.97 Å². The normalized spacial score (nSPS) is 10.2. The third-order valence-electron chi connectivity index (χ3n) is 1.88. The Balaban J connectivity index is 1.92. The number of hydrogen-bond acceptors (Lipinski definition) is 7. The van der Waals surface area contributed by atoms with Crippen molar-refractivity contribution in [3.63, 3.8) is 0 Å². The Morgan fingerprint density at radius 1 is 1.50 bits per heavy atom. The first-order valence-corrected chi connectivity index (χ1v) is 4.80. The molecule has 2 rings (SSSR count). The van der Waals surface area contributed by atoms with Crippen molar-refractivity contribution in [1.29, 1.82) is 0 Å². The summed E-state index contributed by atoms with van der Waals surface area (Å²) in [5.41, 5.74) is 0.0137. The van der Waals surface area contributed by atoms with E-state index in [2.05, 4.69) is 30.3 Å². The second-order valence-electron chi connectivity index (χ2n) is 3.23. The van der Waals surface area contributed by atoms with E-state index in [9.17, 15) is 9.59 Å². The van der Waals surface area contributed by atoms with Gasteiger partial charge in [0.2, 0.25) is 6.39 Å². The lowest BCUT2D eigenvalue weighted by atomic mass is 10.4. The van der Waals surface area contributed by atoms with E-state index in [4.69, 9.17) is 5.11 Å². The van der Waals surface area contributed by atoms with Gasteiger partial charge in [-0.25, -0.2) is 4.68 Å². The lowest BCUT2D eigenvalue weighted by Gasteiger charge is -1.97. The fraction of sp³-hybridized carbons (Fsp3) is 0.250. The second-order valence-corrected chi connectivity index (χ2v) is 3.23. The molecular weight excluding hydrogens is 244 g/mol. The molecule has 2 aromatic rings. The summed E-state index contributed by atoms with van der Waals surface area (Å²) < 4.78 is 5.54. The number of carbonyl (C=O) groups is 2. The summed E-state index contributed by atoms with van der Waals surface area (Å²) in [6.07, 6.45) is 2.38. The van der Waals surface area contributed by atoms with Crippen LogP contribution in [-0.4, -0.2) is 42.1 Å². The number of hydrogen-bond donors (Lipinski definition) is 2. The third kappa shape index (κ3) is 2.87. The molecule has 2 heterocycles. The molecule has 0 radical (unpaired) electrons. The summed E-state index contributed by atoms with van der Waals surface area (Å²) in [6, 6.07) is 0. The zero-order valence-electron chi connectivity index (χ0n) is 8.98. The zero-order valence-corrected chi connectivity index (χ0v) is 8.98. The van der Waals surface area contributed by atoms with Gasteiger partial charge in [0.1, 0.15) is 6.54 Å². The smallest absolute Gasteiger partial charge is 0.325 e. The summed E-state index contributed by atoms with van der Waals surface area (Å²) in [7, 11) is 0. The molecule has 0 aromatic carbocycles. The Kier molecular flexibility index (Phi) is 3.27. The number of rotatable bonds is 5. The quantitative estimate of drug-likeness (QED) is 0.668. The van der Waals surface area contributed by atoms with Crippen LogP contribution in [0.25, 0.3) is 0 Å². The van der Waals surface area contributed by atoms with Crippen LogP contribution in [0.15, 0.2) is 17.1 Å². The topological polar surface area (TPSA) is 136 Å². The van der Waals surface area contributed by atoms with Gasteiger partial charge in [-0.3, -0.25) is 9.59 Å². The van der Waals surface area contributed by atoms with E-state index in [1.807, 2.05) is 0 Å². The Bertz CT molecular complexity index is 548. The third-order valence-corrected chi connectivity index (χ3v) is 1.88. The summed E-state index contributed by atoms with van der Waals surface area (Å²) in [5.74, 6) is -1.25. The maximum atomic E-state index is 11.6. The van der Waals surface area contributed by atoms with Crippen molar-refractivity contribution < 1.29 is 19.2 Å². The van der Waals surface area contributed by atoms with Crippen molar-refractivity contribution in [3.05, 3.63) is 24.1 Å². The lowest BCUT2D eigenvalue weighted by molar-refractivity contribution is -0.137. The average molecular weight is 252 g/mol. The van der Waals surface area contributed by atoms with Crippen LogP contribution in [0.3, 0.4) is 0 Å². The van der Waals surface area contributed by atoms with Crippen molar-refractivity contribution >= 4 is 11.9 Å². The molecule has 1 amide bonds. The summed E-state index contributed by atoms with van der Waals surface area (Å²) in [5, 5.41) is 21.6. The van der Waals surface area contributed by atoms with E-state index < -0.39 is 11.9 Å². The number of carboxylic acid groups (broad SMARTS) is 1. The highest BCUT2D eigenvalue weighted by atomic mass is 16.5. The summed E-state index contributed by atoms with van der Waals surface area (Å²) in [6.45, 7) is -0.272. The highest BCUT2D eigenvalue weighted by Gasteiger charge is 2.12. The minimum atomic E-state index is -1.07. The molecule has 10 nitrogen and oxygen atoms in total. The Morgan fingerprint density at radius 3 is 3.00 bits per heavy atom. The van der Waals surface area contributed by atoms with E-state index in [0.29, 0.717) is 5.82 Å². The Labute approximate surface area is 99.6 Å². The molecule has 0 unspecified atom stereocenters. The molecule has 2 aromatic heterocycles. The maximum absolute atomic E-state index is 11.6. The van der Waals surface area contributed by atoms with Crippen molar-refractivity contribution in [1.82, 2.24) is 30.5 Å². The molecule has 0 spiro atoms. The van der Waals surface area contributed by atoms with E-state index in [1.165, 1.54) is 6.20 Å². The zero-order chi connectivity index (χ0) is 13.0. The maximum Gasteiger partial charge on any atom is 0.325 e. The molecule has 10 heteroatoms. The lowest BCUT2D eigenvalue weighted by Crippen LogP contribution is -2.23. The van der Waals surface area contributed by atoms with Crippen LogP contribution >= 0.6 is 0 Å². The van der Waals surface area contributed by atoms with Gasteiger partial charge in [-0.2, -0.15) is 4.98 Å². The van der Waals surface area contributed by atoms with Crippen molar-refractivity contribution in [2.75, 3.05) is 0 Å². The van der Waals surface area contributed by atoms with Gasteiger partial charge in [-0.15, -0.1) is 5.10 Å². The van der Waals surface area contributed by atoms with E-state index in [0.717, 1.165) is 11.1 Å². The molecule has 0 fully saturated rings. The van der Waals surface area contributed by atoms with Crippen LogP contribution in [0.1, 0.15) is 16.3 Å². The number of carboxylic acids is 1. The van der Waals surface area contributed by atoms with Gasteiger partial charge in [-0.1, -0.05) is 10.4 Å².